The van der Waals surface area contributed by atoms with Crippen LogP contribution in [0.5, 0.6) is 0 Å². The minimum atomic E-state index is -5.73. The molecular formula is C23H30IN9O13P3S2-. The number of nitrogens with one attached hydrogen (secondary N) is 1. The molecule has 3 aromatic heterocycles. The number of aromatic amines is 1. The summed E-state index contributed by atoms with van der Waals surface area (Å²) in [5, 5.41) is 16.0. The van der Waals surface area contributed by atoms with Crippen molar-refractivity contribution in [2.45, 2.75) is 48.4 Å². The van der Waals surface area contributed by atoms with Crippen molar-refractivity contribution in [2.75, 3.05) is 18.3 Å². The van der Waals surface area contributed by atoms with Crippen LogP contribution in [-0.2, 0) is 36.3 Å². The summed E-state index contributed by atoms with van der Waals surface area (Å²) < 4.78 is 62.1. The molecule has 4 aromatic rings. The molecule has 0 aliphatic carbocycles. The third kappa shape index (κ3) is 11.5. The van der Waals surface area contributed by atoms with Crippen molar-refractivity contribution < 1.29 is 77.1 Å². The third-order valence-electron chi connectivity index (χ3n) is 6.36. The van der Waals surface area contributed by atoms with E-state index in [2.05, 4.69) is 57.8 Å². The second-order valence-electron chi connectivity index (χ2n) is 10.8. The molecule has 5 rings (SSSR count). The molecular weight excluding hydrogens is 894 g/mol. The van der Waals surface area contributed by atoms with Gasteiger partial charge in [0.25, 0.3) is 0 Å². The van der Waals surface area contributed by atoms with Gasteiger partial charge < -0.3 is 20.4 Å². The van der Waals surface area contributed by atoms with Crippen LogP contribution < -0.4 is 32.5 Å². The number of hydrogen-bond donors (Lipinski definition) is 6. The Hall–Kier alpha value is -1.93. The molecule has 0 radical (unpaired) electrons. The van der Waals surface area contributed by atoms with Gasteiger partial charge in [0.05, 0.1) is 0 Å². The summed E-state index contributed by atoms with van der Waals surface area (Å²) in [5.74, 6) is 0.867. The second kappa shape index (κ2) is 16.2. The van der Waals surface area contributed by atoms with Crippen molar-refractivity contribution in [1.82, 2.24) is 39.9 Å². The molecule has 5 atom stereocenters. The number of halogens is 1. The number of nitrogens with zero attached hydrogens (tertiary/aromatic N) is 7. The summed E-state index contributed by atoms with van der Waals surface area (Å²) in [6.07, 6.45) is -1.41. The SMILES string of the molecule is Cc1nnc(-c2ccc([I-]C(C)(C)SSCOC3C[C@H](n4cnc5c(=O)[nH]c(N)nc54)O[C@@H]3COP(=O)(O)OP(=O)(O)OP(=O)(O)O)cc2)nn1. The van der Waals surface area contributed by atoms with Crippen molar-refractivity contribution in [1.29, 1.82) is 0 Å². The fraction of sp³-hybridized carbons (Fsp3) is 0.435. The topological polar surface area (TPSA) is 319 Å². The Labute approximate surface area is 306 Å². The van der Waals surface area contributed by atoms with Gasteiger partial charge in [0, 0.05) is 0 Å². The summed E-state index contributed by atoms with van der Waals surface area (Å²) in [5.41, 5.74) is 5.99. The number of rotatable bonds is 16. The van der Waals surface area contributed by atoms with E-state index in [0.29, 0.717) is 11.6 Å². The van der Waals surface area contributed by atoms with E-state index in [1.165, 1.54) is 25.3 Å². The number of imidazole rings is 1. The fourth-order valence-corrected chi connectivity index (χ4v) is 14.1. The van der Waals surface area contributed by atoms with Crippen LogP contribution in [0.3, 0.4) is 0 Å². The van der Waals surface area contributed by atoms with Gasteiger partial charge in [0.1, 0.15) is 0 Å². The number of aryl methyl sites for hydroxylation is 1. The Morgan fingerprint density at radius 1 is 1.08 bits per heavy atom. The molecule has 0 spiro atoms. The molecule has 22 nitrogen and oxygen atoms in total. The Morgan fingerprint density at radius 2 is 1.76 bits per heavy atom. The monoisotopic (exact) mass is 924 g/mol. The Balaban J connectivity index is 1.22. The summed E-state index contributed by atoms with van der Waals surface area (Å²) in [4.78, 5) is 59.9. The van der Waals surface area contributed by atoms with Gasteiger partial charge >= 0.3 is 264 Å². The summed E-state index contributed by atoms with van der Waals surface area (Å²) in [7, 11) is -13.7. The number of benzene rings is 1. The Bertz CT molecular complexity index is 2060. The molecule has 280 valence electrons. The predicted octanol–water partition coefficient (Wildman–Crippen LogP) is -0.693. The van der Waals surface area contributed by atoms with E-state index in [1.54, 1.807) is 17.7 Å². The third-order valence-corrected chi connectivity index (χ3v) is 17.5. The number of anilines is 1. The van der Waals surface area contributed by atoms with E-state index in [0.717, 1.165) is 5.56 Å². The van der Waals surface area contributed by atoms with Gasteiger partial charge in [-0.25, -0.2) is 9.13 Å². The summed E-state index contributed by atoms with van der Waals surface area (Å²) >= 11 is -0.503. The zero-order valence-corrected chi connectivity index (χ0v) is 32.9. The van der Waals surface area contributed by atoms with Gasteiger partial charge in [-0.05, 0) is 0 Å². The second-order valence-corrected chi connectivity index (χ2v) is 23.3. The number of phosphoric acid groups is 3. The average Bonchev–Trinajstić information content (AvgIpc) is 3.61. The molecule has 28 heteroatoms. The maximum absolute atomic E-state index is 12.4. The Morgan fingerprint density at radius 3 is 2.43 bits per heavy atom. The minimum absolute atomic E-state index is 0.0217. The van der Waals surface area contributed by atoms with Gasteiger partial charge in [-0.15, -0.1) is 0 Å². The number of ether oxygens (including phenoxy) is 2. The van der Waals surface area contributed by atoms with E-state index in [1.807, 2.05) is 24.3 Å². The molecule has 7 N–H and O–H groups in total. The first-order valence-electron chi connectivity index (χ1n) is 14.2. The first-order chi connectivity index (χ1) is 23.8. The van der Waals surface area contributed by atoms with Crippen LogP contribution in [0.1, 0.15) is 32.3 Å². The molecule has 51 heavy (non-hydrogen) atoms. The molecule has 1 aromatic carbocycles. The van der Waals surface area contributed by atoms with Crippen molar-refractivity contribution in [3.8, 4) is 11.4 Å². The normalized spacial score (nSPS) is 20.8. The average molecular weight is 925 g/mol. The van der Waals surface area contributed by atoms with Crippen molar-refractivity contribution >= 4 is 62.2 Å². The van der Waals surface area contributed by atoms with Crippen molar-refractivity contribution in [3.05, 3.63) is 50.3 Å². The number of aromatic nitrogens is 8. The summed E-state index contributed by atoms with van der Waals surface area (Å²) in [6, 6.07) is 7.87. The number of nitrogen functional groups attached to an aromatic ring is 1. The molecule has 0 bridgehead atoms. The first-order valence-corrected chi connectivity index (χ1v) is 23.2. The van der Waals surface area contributed by atoms with Crippen LogP contribution in [-0.4, -0.2) is 87.0 Å². The number of fused-ring (bicyclic) bond motifs is 1. The molecule has 0 saturated carbocycles. The molecule has 1 saturated heterocycles. The number of nitrogens with two attached hydrogens (primary N) is 1. The van der Waals surface area contributed by atoms with Gasteiger partial charge in [-0.1, -0.05) is 0 Å². The van der Waals surface area contributed by atoms with E-state index in [-0.39, 0.29) is 32.2 Å². The standard InChI is InChI=1S/C23H30IN9O13P3S2/c1-12-29-31-19(32-30-12)13-4-6-14(7-5-13)24-23(2,3)51-50-11-42-15-8-17(33-10-26-18-20(33)27-22(25)28-21(18)34)44-16(15)9-43-48(38,39)46-49(40,41)45-47(35,36)37/h4-7,10,15-17H,8-9,11H2,1-3H3,(H,38,39)(H,40,41)(H2,35,36,37)(H3,25,27,28,34)/q-1/t15?,16-,17-/m1/s1. The quantitative estimate of drug-likeness (QED) is 0.0202. The first kappa shape index (κ1) is 40.3. The van der Waals surface area contributed by atoms with Gasteiger partial charge in [-0.3, -0.25) is 9.78 Å². The maximum atomic E-state index is 12.4. The van der Waals surface area contributed by atoms with E-state index >= 15 is 0 Å². The van der Waals surface area contributed by atoms with Crippen molar-refractivity contribution in [3.63, 3.8) is 0 Å². The van der Waals surface area contributed by atoms with Crippen LogP contribution in [0.15, 0.2) is 35.4 Å². The summed E-state index contributed by atoms with van der Waals surface area (Å²) in [6.45, 7) is 5.16. The molecule has 0 amide bonds. The van der Waals surface area contributed by atoms with Gasteiger partial charge in [-0.2, -0.15) is 4.31 Å². The van der Waals surface area contributed by atoms with E-state index < -0.39 is 75.3 Å². The zero-order valence-electron chi connectivity index (χ0n) is 26.4. The number of alkyl halides is 1. The number of phosphoric ester groups is 1. The van der Waals surface area contributed by atoms with Crippen LogP contribution in [0, 0.1) is 10.5 Å². The van der Waals surface area contributed by atoms with Gasteiger partial charge in [0.2, 0.25) is 0 Å². The molecule has 4 heterocycles. The van der Waals surface area contributed by atoms with E-state index in [9.17, 15) is 28.3 Å². The van der Waals surface area contributed by atoms with Crippen LogP contribution in [0.25, 0.3) is 22.6 Å². The predicted molar refractivity (Wildman–Crippen MR) is 176 cm³/mol. The molecule has 1 aliphatic rings. The zero-order chi connectivity index (χ0) is 37.2. The Kier molecular flexibility index (Phi) is 12.8. The number of H-pyrrole nitrogens is 1. The van der Waals surface area contributed by atoms with Crippen molar-refractivity contribution in [2.24, 2.45) is 0 Å². The molecule has 3 unspecified atom stereocenters. The van der Waals surface area contributed by atoms with Crippen LogP contribution >= 0.6 is 45.1 Å². The molecule has 1 fully saturated rings. The van der Waals surface area contributed by atoms with Crippen LogP contribution in [0.2, 0.25) is 0 Å². The fourth-order valence-electron chi connectivity index (χ4n) is 4.44. The number of hydrogen-bond acceptors (Lipinski definition) is 18. The van der Waals surface area contributed by atoms with Gasteiger partial charge in [0.15, 0.2) is 0 Å². The van der Waals surface area contributed by atoms with Crippen LogP contribution in [0.4, 0.5) is 5.95 Å². The van der Waals surface area contributed by atoms with E-state index in [4.69, 9.17) is 29.5 Å². The molecule has 1 aliphatic heterocycles.